The minimum atomic E-state index is 0.890. The molecule has 0 N–H and O–H groups in total. The van der Waals surface area contributed by atoms with E-state index in [0.717, 1.165) is 71.7 Å². The fourth-order valence-electron chi connectivity index (χ4n) is 6.76. The van der Waals surface area contributed by atoms with Gasteiger partial charge in [0.1, 0.15) is 16.7 Å². The molecule has 4 aromatic heterocycles. The highest BCUT2D eigenvalue weighted by molar-refractivity contribution is 6.23. The van der Waals surface area contributed by atoms with Crippen LogP contribution in [0.5, 0.6) is 0 Å². The van der Waals surface area contributed by atoms with Gasteiger partial charge in [-0.1, -0.05) is 78.9 Å². The van der Waals surface area contributed by atoms with Gasteiger partial charge in [-0.25, -0.2) is 9.97 Å². The van der Waals surface area contributed by atoms with Gasteiger partial charge in [-0.15, -0.1) is 0 Å². The minimum Gasteiger partial charge on any atom is -0.456 e. The van der Waals surface area contributed by atoms with E-state index < -0.39 is 0 Å². The lowest BCUT2D eigenvalue weighted by molar-refractivity contribution is 0.669. The normalized spacial score (nSPS) is 12.3. The summed E-state index contributed by atoms with van der Waals surface area (Å²) in [6.07, 6.45) is 0. The van der Waals surface area contributed by atoms with Crippen molar-refractivity contribution in [3.63, 3.8) is 0 Å². The summed E-state index contributed by atoms with van der Waals surface area (Å²) in [6.45, 7) is 0. The number of aromatic nitrogens is 3. The Bertz CT molecular complexity index is 2680. The number of nitrogens with zero attached hydrogens (tertiary/aromatic N) is 3. The van der Waals surface area contributed by atoms with Crippen molar-refractivity contribution in [1.29, 1.82) is 0 Å². The molecule has 0 saturated heterocycles. The van der Waals surface area contributed by atoms with Crippen LogP contribution in [0.2, 0.25) is 0 Å². The van der Waals surface area contributed by atoms with Crippen LogP contribution < -0.4 is 0 Å². The van der Waals surface area contributed by atoms with E-state index in [9.17, 15) is 0 Å². The Labute approximate surface area is 239 Å². The Hall–Kier alpha value is -5.74. The van der Waals surface area contributed by atoms with E-state index in [2.05, 4.69) is 114 Å². The molecule has 4 heteroatoms. The monoisotopic (exact) mass is 535 g/mol. The van der Waals surface area contributed by atoms with Gasteiger partial charge in [0, 0.05) is 26.9 Å². The first-order chi connectivity index (χ1) is 20.8. The number of rotatable bonds is 2. The van der Waals surface area contributed by atoms with Crippen LogP contribution in [0, 0.1) is 0 Å². The standard InChI is InChI=1S/C38H21N3O/c1-2-8-22(9-3-1)23-15-17-31-32(20-23)39-36-30-19-25(24-14-16-28-27-11-5-7-13-34(27)42-35(28)21-24)18-29-26-10-4-6-12-33(26)41(37(29)30)38(36)40-31/h1-21H. The molecule has 0 atom stereocenters. The molecule has 0 amide bonds. The molecule has 42 heavy (non-hydrogen) atoms. The summed E-state index contributed by atoms with van der Waals surface area (Å²) >= 11 is 0. The van der Waals surface area contributed by atoms with Crippen LogP contribution in [-0.2, 0) is 0 Å². The smallest absolute Gasteiger partial charge is 0.165 e. The highest BCUT2D eigenvalue weighted by Gasteiger charge is 2.21. The highest BCUT2D eigenvalue weighted by atomic mass is 16.3. The fraction of sp³-hybridized carbons (Fsp3) is 0. The molecule has 0 fully saturated rings. The van der Waals surface area contributed by atoms with Gasteiger partial charge in [-0.2, -0.15) is 0 Å². The van der Waals surface area contributed by atoms with Crippen molar-refractivity contribution < 1.29 is 4.42 Å². The maximum absolute atomic E-state index is 6.25. The topological polar surface area (TPSA) is 43.3 Å². The van der Waals surface area contributed by atoms with E-state index >= 15 is 0 Å². The van der Waals surface area contributed by atoms with Crippen LogP contribution >= 0.6 is 0 Å². The Kier molecular flexibility index (Phi) is 4.15. The van der Waals surface area contributed by atoms with E-state index in [-0.39, 0.29) is 0 Å². The third-order valence-electron chi connectivity index (χ3n) is 8.70. The zero-order valence-corrected chi connectivity index (χ0v) is 22.4. The van der Waals surface area contributed by atoms with E-state index in [1.807, 2.05) is 18.2 Å². The van der Waals surface area contributed by atoms with Crippen molar-refractivity contribution in [2.24, 2.45) is 0 Å². The van der Waals surface area contributed by atoms with Crippen molar-refractivity contribution in [2.75, 3.05) is 0 Å². The molecule has 0 spiro atoms. The Morgan fingerprint density at radius 2 is 1.19 bits per heavy atom. The second-order valence-corrected chi connectivity index (χ2v) is 11.0. The molecule has 0 radical (unpaired) electrons. The second kappa shape index (κ2) is 7.93. The molecule has 10 aromatic rings. The SMILES string of the molecule is c1ccc(-c2ccc3nc4c(nc3c2)c2cc(-c3ccc5c(c3)oc3ccccc35)cc3c5ccccc5n4c32)cc1. The molecule has 0 saturated carbocycles. The Morgan fingerprint density at radius 3 is 2.12 bits per heavy atom. The molecule has 0 aliphatic heterocycles. The van der Waals surface area contributed by atoms with Gasteiger partial charge in [-0.3, -0.25) is 4.40 Å². The number of para-hydroxylation sites is 2. The first kappa shape index (κ1) is 22.0. The molecule has 0 unspecified atom stereocenters. The Balaban J connectivity index is 1.28. The van der Waals surface area contributed by atoms with E-state index in [1.54, 1.807) is 0 Å². The van der Waals surface area contributed by atoms with Crippen LogP contribution in [0.4, 0.5) is 0 Å². The first-order valence-electron chi connectivity index (χ1n) is 14.2. The zero-order chi connectivity index (χ0) is 27.4. The summed E-state index contributed by atoms with van der Waals surface area (Å²) in [5.74, 6) is 0. The zero-order valence-electron chi connectivity index (χ0n) is 22.4. The predicted molar refractivity (Wildman–Crippen MR) is 172 cm³/mol. The number of hydrogen-bond donors (Lipinski definition) is 0. The molecule has 194 valence electrons. The van der Waals surface area contributed by atoms with E-state index in [1.165, 1.54) is 21.9 Å². The van der Waals surface area contributed by atoms with Crippen LogP contribution in [0.1, 0.15) is 0 Å². The number of furan rings is 1. The van der Waals surface area contributed by atoms with Gasteiger partial charge >= 0.3 is 0 Å². The number of hydrogen-bond acceptors (Lipinski definition) is 3. The maximum Gasteiger partial charge on any atom is 0.165 e. The van der Waals surface area contributed by atoms with E-state index in [4.69, 9.17) is 14.4 Å². The average Bonchev–Trinajstić information content (AvgIpc) is 3.69. The third-order valence-corrected chi connectivity index (χ3v) is 8.70. The van der Waals surface area contributed by atoms with Crippen molar-refractivity contribution in [3.05, 3.63) is 127 Å². The van der Waals surface area contributed by atoms with Gasteiger partial charge in [0.25, 0.3) is 0 Å². The summed E-state index contributed by atoms with van der Waals surface area (Å²) in [5.41, 5.74) is 12.3. The van der Waals surface area contributed by atoms with Crippen LogP contribution in [-0.4, -0.2) is 14.4 Å². The van der Waals surface area contributed by atoms with Gasteiger partial charge in [0.15, 0.2) is 5.65 Å². The molecule has 6 aromatic carbocycles. The van der Waals surface area contributed by atoms with Gasteiger partial charge < -0.3 is 4.42 Å². The van der Waals surface area contributed by atoms with Crippen molar-refractivity contribution in [1.82, 2.24) is 14.4 Å². The number of fused-ring (bicyclic) bond motifs is 10. The van der Waals surface area contributed by atoms with Gasteiger partial charge in [-0.05, 0) is 70.8 Å². The molecular formula is C38H21N3O. The van der Waals surface area contributed by atoms with Gasteiger partial charge in [0.2, 0.25) is 0 Å². The second-order valence-electron chi connectivity index (χ2n) is 11.0. The summed E-state index contributed by atoms with van der Waals surface area (Å²) < 4.78 is 8.54. The fourth-order valence-corrected chi connectivity index (χ4v) is 6.76. The highest BCUT2D eigenvalue weighted by Crippen LogP contribution is 2.42. The average molecular weight is 536 g/mol. The number of benzene rings is 6. The predicted octanol–water partition coefficient (Wildman–Crippen LogP) is 10.0. The third kappa shape index (κ3) is 2.90. The van der Waals surface area contributed by atoms with Crippen molar-refractivity contribution in [3.8, 4) is 22.3 Å². The first-order valence-corrected chi connectivity index (χ1v) is 14.2. The summed E-state index contributed by atoms with van der Waals surface area (Å²) in [7, 11) is 0. The van der Waals surface area contributed by atoms with E-state index in [0.29, 0.717) is 0 Å². The van der Waals surface area contributed by atoms with Crippen molar-refractivity contribution >= 4 is 71.3 Å². The molecule has 0 aliphatic rings. The molecular weight excluding hydrogens is 514 g/mol. The largest absolute Gasteiger partial charge is 0.456 e. The van der Waals surface area contributed by atoms with Gasteiger partial charge in [0.05, 0.1) is 22.1 Å². The van der Waals surface area contributed by atoms with Crippen LogP contribution in [0.3, 0.4) is 0 Å². The molecule has 10 rings (SSSR count). The lowest BCUT2D eigenvalue weighted by atomic mass is 9.99. The maximum atomic E-state index is 6.25. The molecule has 0 bridgehead atoms. The lowest BCUT2D eigenvalue weighted by Gasteiger charge is -2.05. The van der Waals surface area contributed by atoms with Crippen molar-refractivity contribution in [2.45, 2.75) is 0 Å². The molecule has 4 nitrogen and oxygen atoms in total. The minimum absolute atomic E-state index is 0.890. The lowest BCUT2D eigenvalue weighted by Crippen LogP contribution is -1.90. The Morgan fingerprint density at radius 1 is 0.452 bits per heavy atom. The molecule has 0 aliphatic carbocycles. The summed E-state index contributed by atoms with van der Waals surface area (Å²) in [4.78, 5) is 10.5. The van der Waals surface area contributed by atoms with Crippen LogP contribution in [0.15, 0.2) is 132 Å². The molecule has 4 heterocycles. The quantitative estimate of drug-likeness (QED) is 0.221. The summed E-state index contributed by atoms with van der Waals surface area (Å²) in [5, 5.41) is 5.80. The van der Waals surface area contributed by atoms with Crippen LogP contribution in [0.25, 0.3) is 93.6 Å². The summed E-state index contributed by atoms with van der Waals surface area (Å²) in [6, 6.07) is 44.7.